The van der Waals surface area contributed by atoms with Crippen molar-refractivity contribution in [1.82, 2.24) is 25.1 Å². The smallest absolute Gasteiger partial charge is 0.259 e. The van der Waals surface area contributed by atoms with Crippen LogP contribution in [0.1, 0.15) is 27.5 Å². The number of benzene rings is 2. The van der Waals surface area contributed by atoms with Crippen molar-refractivity contribution in [2.75, 3.05) is 6.66 Å². The molecule has 0 aliphatic heterocycles. The maximum absolute atomic E-state index is 13.0. The zero-order valence-electron chi connectivity index (χ0n) is 17.0. The normalized spacial score (nSPS) is 13.8. The van der Waals surface area contributed by atoms with Crippen molar-refractivity contribution >= 4 is 18.6 Å². The first-order valence-corrected chi connectivity index (χ1v) is 11.8. The Balaban J connectivity index is 1.64. The van der Waals surface area contributed by atoms with Gasteiger partial charge in [-0.2, -0.15) is 10.1 Å². The van der Waals surface area contributed by atoms with Crippen molar-refractivity contribution in [2.24, 2.45) is 0 Å². The van der Waals surface area contributed by atoms with Gasteiger partial charge in [0.05, 0.1) is 6.04 Å². The van der Waals surface area contributed by atoms with Crippen LogP contribution in [0.25, 0.3) is 5.95 Å². The molecule has 0 aliphatic rings. The molecular formula is C22H20N5O4P. The van der Waals surface area contributed by atoms with Gasteiger partial charge in [0.2, 0.25) is 13.2 Å². The van der Waals surface area contributed by atoms with E-state index < -0.39 is 25.2 Å². The topological polar surface area (TPSA) is 130 Å². The lowest BCUT2D eigenvalue weighted by Crippen LogP contribution is -2.30. The van der Waals surface area contributed by atoms with Gasteiger partial charge in [-0.25, -0.2) is 9.67 Å². The van der Waals surface area contributed by atoms with Crippen molar-refractivity contribution in [3.8, 4) is 11.8 Å². The third-order valence-corrected chi connectivity index (χ3v) is 6.08. The first-order valence-electron chi connectivity index (χ1n) is 9.65. The number of carbonyl (C=O) groups is 1. The van der Waals surface area contributed by atoms with Crippen LogP contribution < -0.4 is 10.6 Å². The quantitative estimate of drug-likeness (QED) is 0.385. The zero-order valence-corrected chi connectivity index (χ0v) is 17.9. The first-order chi connectivity index (χ1) is 15.3. The Hall–Kier alpha value is -3.81. The van der Waals surface area contributed by atoms with Crippen molar-refractivity contribution in [3.63, 3.8) is 0 Å². The minimum Gasteiger partial charge on any atom is -0.493 e. The Morgan fingerprint density at radius 1 is 1.06 bits per heavy atom. The van der Waals surface area contributed by atoms with Crippen LogP contribution >= 0.6 is 7.37 Å². The first kappa shape index (κ1) is 21.4. The molecule has 2 aromatic carbocycles. The lowest BCUT2D eigenvalue weighted by atomic mass is 9.98. The van der Waals surface area contributed by atoms with Crippen LogP contribution in [0.15, 0.2) is 79.3 Å². The number of aromatic hydroxyl groups is 1. The fourth-order valence-electron chi connectivity index (χ4n) is 3.18. The van der Waals surface area contributed by atoms with Gasteiger partial charge in [-0.3, -0.25) is 9.36 Å². The molecule has 2 heterocycles. The van der Waals surface area contributed by atoms with Crippen molar-refractivity contribution in [1.29, 1.82) is 0 Å². The van der Waals surface area contributed by atoms with E-state index >= 15 is 0 Å². The van der Waals surface area contributed by atoms with Gasteiger partial charge in [-0.15, -0.1) is 0 Å². The number of hydrogen-bond donors (Lipinski definition) is 3. The minimum atomic E-state index is -3.39. The SMILES string of the molecule is CP(=O)(O)c1ccc(C(NC(=O)c2cnc(-n3cccn3)nc2O)c2ccccc2)cc1. The molecule has 1 amide bonds. The summed E-state index contributed by atoms with van der Waals surface area (Å²) < 4.78 is 13.3. The highest BCUT2D eigenvalue weighted by Crippen LogP contribution is 2.34. The highest BCUT2D eigenvalue weighted by molar-refractivity contribution is 7.65. The maximum Gasteiger partial charge on any atom is 0.259 e. The number of hydrogen-bond acceptors (Lipinski definition) is 6. The monoisotopic (exact) mass is 449 g/mol. The lowest BCUT2D eigenvalue weighted by molar-refractivity contribution is 0.0939. The molecule has 10 heteroatoms. The van der Waals surface area contributed by atoms with Crippen LogP contribution in [0.3, 0.4) is 0 Å². The second kappa shape index (κ2) is 8.74. The van der Waals surface area contributed by atoms with E-state index in [9.17, 15) is 19.4 Å². The van der Waals surface area contributed by atoms with Crippen LogP contribution in [-0.4, -0.2) is 42.3 Å². The van der Waals surface area contributed by atoms with E-state index in [4.69, 9.17) is 0 Å². The van der Waals surface area contributed by atoms with E-state index in [-0.39, 0.29) is 11.5 Å². The van der Waals surface area contributed by atoms with E-state index in [1.54, 1.807) is 42.7 Å². The molecule has 32 heavy (non-hydrogen) atoms. The molecule has 2 unspecified atom stereocenters. The van der Waals surface area contributed by atoms with E-state index in [1.165, 1.54) is 17.5 Å². The van der Waals surface area contributed by atoms with Crippen molar-refractivity contribution < 1.29 is 19.4 Å². The largest absolute Gasteiger partial charge is 0.493 e. The molecule has 2 atom stereocenters. The number of aromatic nitrogens is 4. The summed E-state index contributed by atoms with van der Waals surface area (Å²) >= 11 is 0. The van der Waals surface area contributed by atoms with E-state index in [0.29, 0.717) is 10.9 Å². The van der Waals surface area contributed by atoms with E-state index in [2.05, 4.69) is 20.4 Å². The Morgan fingerprint density at radius 2 is 1.75 bits per heavy atom. The van der Waals surface area contributed by atoms with Gasteiger partial charge in [0.15, 0.2) is 0 Å². The summed E-state index contributed by atoms with van der Waals surface area (Å²) in [6, 6.07) is 16.9. The third kappa shape index (κ3) is 4.59. The highest BCUT2D eigenvalue weighted by Gasteiger charge is 2.22. The molecule has 0 bridgehead atoms. The van der Waals surface area contributed by atoms with E-state index in [1.807, 2.05) is 30.3 Å². The minimum absolute atomic E-state index is 0.0909. The average Bonchev–Trinajstić information content (AvgIpc) is 3.32. The molecule has 0 aliphatic carbocycles. The molecule has 0 saturated heterocycles. The van der Waals surface area contributed by atoms with Gasteiger partial charge < -0.3 is 15.3 Å². The molecule has 2 aromatic heterocycles. The molecule has 162 valence electrons. The molecule has 3 N–H and O–H groups in total. The average molecular weight is 449 g/mol. The summed E-state index contributed by atoms with van der Waals surface area (Å²) in [6.07, 6.45) is 4.40. The maximum atomic E-state index is 13.0. The number of amides is 1. The predicted octanol–water partition coefficient (Wildman–Crippen LogP) is 2.41. The van der Waals surface area contributed by atoms with Gasteiger partial charge in [-0.05, 0) is 29.3 Å². The Kier molecular flexibility index (Phi) is 5.85. The second-order valence-corrected chi connectivity index (χ2v) is 9.42. The molecule has 4 rings (SSSR count). The van der Waals surface area contributed by atoms with Gasteiger partial charge >= 0.3 is 0 Å². The van der Waals surface area contributed by atoms with Gasteiger partial charge in [-0.1, -0.05) is 42.5 Å². The van der Waals surface area contributed by atoms with Crippen LogP contribution in [0, 0.1) is 0 Å². The van der Waals surface area contributed by atoms with Gasteiger partial charge in [0, 0.05) is 30.6 Å². The zero-order chi connectivity index (χ0) is 22.7. The summed E-state index contributed by atoms with van der Waals surface area (Å²) in [7, 11) is -3.39. The number of nitrogens with one attached hydrogen (secondary N) is 1. The number of carbonyl (C=O) groups excluding carboxylic acids is 1. The van der Waals surface area contributed by atoms with Gasteiger partial charge in [0.1, 0.15) is 5.56 Å². The molecule has 4 aromatic rings. The molecule has 0 spiro atoms. The van der Waals surface area contributed by atoms with Crippen LogP contribution in [0.4, 0.5) is 0 Å². The fourth-order valence-corrected chi connectivity index (χ4v) is 3.88. The molecule has 9 nitrogen and oxygen atoms in total. The summed E-state index contributed by atoms with van der Waals surface area (Å²) in [6.45, 7) is 1.27. The number of nitrogens with zero attached hydrogens (tertiary/aromatic N) is 4. The standard InChI is InChI=1S/C22H20N5O4P/c1-32(30,31)17-10-8-16(9-11-17)19(15-6-3-2-4-7-15)25-20(28)18-14-23-22(26-21(18)29)27-13-5-12-24-27/h2-14,19H,1H3,(H,25,28)(H,30,31)(H,23,26,29). The Labute approximate surface area is 183 Å². The second-order valence-electron chi connectivity index (χ2n) is 7.15. The summed E-state index contributed by atoms with van der Waals surface area (Å²) in [4.78, 5) is 30.8. The lowest BCUT2D eigenvalue weighted by Gasteiger charge is -2.20. The molecule has 0 fully saturated rings. The van der Waals surface area contributed by atoms with Crippen molar-refractivity contribution in [3.05, 3.63) is 95.9 Å². The molecule has 0 radical (unpaired) electrons. The fraction of sp³-hybridized carbons (Fsp3) is 0.0909. The van der Waals surface area contributed by atoms with Crippen LogP contribution in [0.5, 0.6) is 5.88 Å². The predicted molar refractivity (Wildman–Crippen MR) is 118 cm³/mol. The van der Waals surface area contributed by atoms with Crippen LogP contribution in [-0.2, 0) is 4.57 Å². The van der Waals surface area contributed by atoms with Crippen molar-refractivity contribution in [2.45, 2.75) is 6.04 Å². The Morgan fingerprint density at radius 3 is 2.34 bits per heavy atom. The van der Waals surface area contributed by atoms with Crippen LogP contribution in [0.2, 0.25) is 0 Å². The highest BCUT2D eigenvalue weighted by atomic mass is 31.2. The molecule has 0 saturated carbocycles. The Bertz CT molecular complexity index is 1270. The molecular weight excluding hydrogens is 429 g/mol. The van der Waals surface area contributed by atoms with E-state index in [0.717, 1.165) is 5.56 Å². The summed E-state index contributed by atoms with van der Waals surface area (Å²) in [5.74, 6) is -0.916. The van der Waals surface area contributed by atoms with Gasteiger partial charge in [0.25, 0.3) is 11.9 Å². The summed E-state index contributed by atoms with van der Waals surface area (Å²) in [5, 5.41) is 17.5. The number of rotatable bonds is 6. The summed E-state index contributed by atoms with van der Waals surface area (Å²) in [5.41, 5.74) is 1.41. The third-order valence-electron chi connectivity index (χ3n) is 4.82.